The summed E-state index contributed by atoms with van der Waals surface area (Å²) in [5.74, 6) is 0. The Bertz CT molecular complexity index is 1660. The lowest BCUT2D eigenvalue weighted by molar-refractivity contribution is 0.996. The number of aromatic amines is 1. The quantitative estimate of drug-likeness (QED) is 0.196. The molecule has 0 radical (unpaired) electrons. The number of nitrogens with zero attached hydrogens (tertiary/aromatic N) is 1. The minimum absolute atomic E-state index is 0.727. The molecule has 224 valence electrons. The van der Waals surface area contributed by atoms with Crippen LogP contribution in [0.1, 0.15) is 48.3 Å². The van der Waals surface area contributed by atoms with Crippen LogP contribution in [-0.2, 0) is 0 Å². The van der Waals surface area contributed by atoms with Gasteiger partial charge in [-0.25, -0.2) is 0 Å². The molecule has 0 bridgehead atoms. The van der Waals surface area contributed by atoms with E-state index in [4.69, 9.17) is 0 Å². The summed E-state index contributed by atoms with van der Waals surface area (Å²) >= 11 is 0. The molecule has 1 aromatic heterocycles. The minimum Gasteiger partial charge on any atom is -0.362 e. The van der Waals surface area contributed by atoms with E-state index in [0.717, 1.165) is 80.3 Å². The monoisotopic (exact) mass is 578 g/mol. The molecule has 0 amide bonds. The van der Waals surface area contributed by atoms with Crippen molar-refractivity contribution in [2.45, 2.75) is 34.1 Å². The minimum atomic E-state index is 0.727. The van der Waals surface area contributed by atoms with Crippen LogP contribution >= 0.6 is 0 Å². The molecule has 0 unspecified atom stereocenters. The number of hydrogen-bond acceptors (Lipinski definition) is 1. The fraction of sp³-hybridized carbons (Fsp3) is 0.143. The molecule has 2 aromatic rings. The SMILES string of the molecule is C=C/C=C\c1c(C)[nH]c(C)c1/C=C\C(=C)C(=C)/C=C\C1=C(/C)N(c2cccc(/C(C=C)=C/CC=CC)c2)C/C=C\C=C/C1=C. The average Bonchev–Trinajstić information content (AvgIpc) is 3.32. The first kappa shape index (κ1) is 33.4. The summed E-state index contributed by atoms with van der Waals surface area (Å²) in [5.41, 5.74) is 12.6. The van der Waals surface area contributed by atoms with Crippen LogP contribution in [0.5, 0.6) is 0 Å². The molecule has 1 aromatic carbocycles. The molecule has 1 aliphatic heterocycles. The van der Waals surface area contributed by atoms with E-state index in [1.165, 1.54) is 0 Å². The first-order valence-electron chi connectivity index (χ1n) is 15.0. The Hall–Kier alpha value is -5.08. The van der Waals surface area contributed by atoms with Crippen LogP contribution in [0.4, 0.5) is 5.69 Å². The van der Waals surface area contributed by atoms with E-state index in [-0.39, 0.29) is 0 Å². The number of aromatic nitrogens is 1. The highest BCUT2D eigenvalue weighted by molar-refractivity contribution is 5.77. The van der Waals surface area contributed by atoms with Gasteiger partial charge in [-0.3, -0.25) is 0 Å². The van der Waals surface area contributed by atoms with Gasteiger partial charge >= 0.3 is 0 Å². The molecule has 0 fully saturated rings. The normalized spacial score (nSPS) is 17.8. The van der Waals surface area contributed by atoms with Gasteiger partial charge in [0.05, 0.1) is 0 Å². The molecule has 0 aliphatic carbocycles. The van der Waals surface area contributed by atoms with Gasteiger partial charge in [-0.1, -0.05) is 136 Å². The summed E-state index contributed by atoms with van der Waals surface area (Å²) in [6.45, 7) is 29.9. The van der Waals surface area contributed by atoms with Crippen LogP contribution in [0.25, 0.3) is 17.7 Å². The molecule has 3 rings (SSSR count). The van der Waals surface area contributed by atoms with Crippen molar-refractivity contribution >= 4 is 23.4 Å². The summed E-state index contributed by atoms with van der Waals surface area (Å²) in [7, 11) is 0. The van der Waals surface area contributed by atoms with E-state index in [2.05, 4.69) is 136 Å². The highest BCUT2D eigenvalue weighted by Crippen LogP contribution is 2.30. The molecule has 2 heteroatoms. The molecular weight excluding hydrogens is 532 g/mol. The van der Waals surface area contributed by atoms with Crippen molar-refractivity contribution in [3.05, 3.63) is 192 Å². The number of benzene rings is 1. The Morgan fingerprint density at radius 2 is 1.66 bits per heavy atom. The molecule has 2 heterocycles. The van der Waals surface area contributed by atoms with Gasteiger partial charge in [-0.2, -0.15) is 0 Å². The van der Waals surface area contributed by atoms with Crippen molar-refractivity contribution in [2.24, 2.45) is 0 Å². The van der Waals surface area contributed by atoms with Crippen molar-refractivity contribution in [2.75, 3.05) is 11.4 Å². The fourth-order valence-electron chi connectivity index (χ4n) is 5.05. The van der Waals surface area contributed by atoms with Gasteiger partial charge in [0.15, 0.2) is 0 Å². The predicted octanol–water partition coefficient (Wildman–Crippen LogP) is 11.5. The number of allylic oxidation sites excluding steroid dienone is 18. The Balaban J connectivity index is 1.94. The first-order valence-corrected chi connectivity index (χ1v) is 15.0. The third-order valence-corrected chi connectivity index (χ3v) is 7.58. The Morgan fingerprint density at radius 3 is 2.34 bits per heavy atom. The van der Waals surface area contributed by atoms with Gasteiger partial charge < -0.3 is 9.88 Å². The molecule has 1 aliphatic rings. The van der Waals surface area contributed by atoms with Crippen LogP contribution in [0.15, 0.2) is 164 Å². The zero-order valence-electron chi connectivity index (χ0n) is 26.9. The van der Waals surface area contributed by atoms with E-state index < -0.39 is 0 Å². The van der Waals surface area contributed by atoms with Crippen LogP contribution in [0.3, 0.4) is 0 Å². The lowest BCUT2D eigenvalue weighted by atomic mass is 9.99. The van der Waals surface area contributed by atoms with Crippen molar-refractivity contribution in [1.29, 1.82) is 0 Å². The molecule has 2 nitrogen and oxygen atoms in total. The lowest BCUT2D eigenvalue weighted by Crippen LogP contribution is -2.22. The van der Waals surface area contributed by atoms with Gasteiger partial charge in [0, 0.05) is 46.0 Å². The summed E-state index contributed by atoms with van der Waals surface area (Å²) in [5, 5.41) is 0. The van der Waals surface area contributed by atoms with Crippen molar-refractivity contribution in [1.82, 2.24) is 4.98 Å². The zero-order chi connectivity index (χ0) is 32.1. The maximum atomic E-state index is 4.39. The fourth-order valence-corrected chi connectivity index (χ4v) is 5.05. The van der Waals surface area contributed by atoms with Crippen LogP contribution in [-0.4, -0.2) is 11.5 Å². The Morgan fingerprint density at radius 1 is 0.955 bits per heavy atom. The number of aryl methyl sites for hydroxylation is 2. The van der Waals surface area contributed by atoms with E-state index in [1.807, 2.05) is 43.4 Å². The predicted molar refractivity (Wildman–Crippen MR) is 197 cm³/mol. The highest BCUT2D eigenvalue weighted by atomic mass is 15.1. The van der Waals surface area contributed by atoms with Crippen LogP contribution < -0.4 is 4.90 Å². The molecule has 0 atom stereocenters. The molecule has 0 spiro atoms. The van der Waals surface area contributed by atoms with E-state index in [0.29, 0.717) is 0 Å². The second-order valence-electron chi connectivity index (χ2n) is 10.7. The smallest absolute Gasteiger partial charge is 0.0417 e. The van der Waals surface area contributed by atoms with Gasteiger partial charge in [-0.15, -0.1) is 0 Å². The van der Waals surface area contributed by atoms with Crippen LogP contribution in [0, 0.1) is 13.8 Å². The largest absolute Gasteiger partial charge is 0.362 e. The van der Waals surface area contributed by atoms with Crippen molar-refractivity contribution < 1.29 is 0 Å². The second-order valence-corrected chi connectivity index (χ2v) is 10.7. The molecule has 1 N–H and O–H groups in total. The van der Waals surface area contributed by atoms with Gasteiger partial charge in [-0.05, 0) is 74.1 Å². The average molecular weight is 579 g/mol. The van der Waals surface area contributed by atoms with Crippen LogP contribution in [0.2, 0.25) is 0 Å². The third-order valence-electron chi connectivity index (χ3n) is 7.58. The maximum absolute atomic E-state index is 4.39. The number of H-pyrrole nitrogens is 1. The lowest BCUT2D eigenvalue weighted by Gasteiger charge is -2.27. The third kappa shape index (κ3) is 8.72. The molecule has 44 heavy (non-hydrogen) atoms. The van der Waals surface area contributed by atoms with Gasteiger partial charge in [0.1, 0.15) is 0 Å². The topological polar surface area (TPSA) is 19.0 Å². The van der Waals surface area contributed by atoms with Gasteiger partial charge in [0.25, 0.3) is 0 Å². The van der Waals surface area contributed by atoms with E-state index in [9.17, 15) is 0 Å². The summed E-state index contributed by atoms with van der Waals surface area (Å²) in [6.07, 6.45) is 31.6. The van der Waals surface area contributed by atoms with Crippen molar-refractivity contribution in [3.8, 4) is 0 Å². The standard InChI is InChI=1S/C42H46N2/c1-10-13-16-21-37(12-3)38-22-19-23-39(30-38)44-29-18-15-17-20-33(6)40(36(44)9)27-25-31(4)32(5)26-28-42-35(8)43-34(7)41(42)24-14-11-2/h10-15,17-28,30,43H,2-6,16,29H2,1,7-9H3/b13-10?,18-15-,20-17-,24-14-,27-25-,28-26-,37-21+,40-36-. The number of anilines is 1. The van der Waals surface area contributed by atoms with Crippen molar-refractivity contribution in [3.63, 3.8) is 0 Å². The molecular formula is C42H46N2. The Kier molecular flexibility index (Phi) is 12.6. The second kappa shape index (κ2) is 16.5. The number of hydrogen-bond donors (Lipinski definition) is 1. The summed E-state index contributed by atoms with van der Waals surface area (Å²) in [4.78, 5) is 5.75. The zero-order valence-corrected chi connectivity index (χ0v) is 26.9. The Labute approximate surface area is 265 Å². The first-order chi connectivity index (χ1) is 21.2. The molecule has 0 saturated carbocycles. The highest BCUT2D eigenvalue weighted by Gasteiger charge is 2.14. The maximum Gasteiger partial charge on any atom is 0.0417 e. The van der Waals surface area contributed by atoms with E-state index in [1.54, 1.807) is 6.08 Å². The summed E-state index contributed by atoms with van der Waals surface area (Å²) < 4.78 is 0. The van der Waals surface area contributed by atoms with E-state index >= 15 is 0 Å². The number of rotatable bonds is 12. The number of nitrogens with one attached hydrogen (secondary N) is 1. The van der Waals surface area contributed by atoms with Gasteiger partial charge in [0.2, 0.25) is 0 Å². The summed E-state index contributed by atoms with van der Waals surface area (Å²) in [6, 6.07) is 8.62. The molecule has 0 saturated heterocycles.